The minimum absolute atomic E-state index is 0.0259. The Morgan fingerprint density at radius 3 is 2.29 bits per heavy atom. The van der Waals surface area contributed by atoms with Gasteiger partial charge >= 0.3 is 0 Å². The van der Waals surface area contributed by atoms with Gasteiger partial charge in [-0.2, -0.15) is 0 Å². The molecule has 6 aliphatic heterocycles. The third-order valence-electron chi connectivity index (χ3n) is 15.1. The molecule has 0 amide bonds. The summed E-state index contributed by atoms with van der Waals surface area (Å²) in [7, 11) is 3.09. The van der Waals surface area contributed by atoms with Crippen LogP contribution in [0.3, 0.4) is 0 Å². The average Bonchev–Trinajstić information content (AvgIpc) is 3.79. The van der Waals surface area contributed by atoms with Gasteiger partial charge in [-0.15, -0.1) is 0 Å². The Morgan fingerprint density at radius 2 is 1.53 bits per heavy atom. The van der Waals surface area contributed by atoms with Crippen LogP contribution in [-0.2, 0) is 52.1 Å². The highest BCUT2D eigenvalue weighted by atomic mass is 16.8. The Bertz CT molecular complexity index is 1490. The third-order valence-corrected chi connectivity index (χ3v) is 15.1. The fourth-order valence-electron chi connectivity index (χ4n) is 12.1. The number of aliphatic hydroxyl groups is 3. The highest BCUT2D eigenvalue weighted by molar-refractivity contribution is 5.40. The molecule has 1 saturated carbocycles. The first-order valence-electron chi connectivity index (χ1n) is 20.7. The van der Waals surface area contributed by atoms with Gasteiger partial charge in [-0.05, 0) is 83.1 Å². The SMILES string of the molecule is COC1CC(OC2C(O)CC(OC3C(C)OC(OC4CCC5(C)C(=CCC6=C7OC8COC9(C)OCC7(CCC65)C89)C4)C(O)C3OC)OC2C)OC(C)C1O. The molecule has 14 nitrogen and oxygen atoms in total. The van der Waals surface area contributed by atoms with Crippen molar-refractivity contribution in [2.75, 3.05) is 27.4 Å². The van der Waals surface area contributed by atoms with Crippen LogP contribution in [-0.4, -0.2) is 141 Å². The molecule has 14 heteroatoms. The number of aliphatic hydroxyl groups excluding tert-OH is 3. The fourth-order valence-corrected chi connectivity index (χ4v) is 12.1. The topological polar surface area (TPSA) is 162 Å². The Kier molecular flexibility index (Phi) is 10.3. The van der Waals surface area contributed by atoms with Crippen molar-refractivity contribution < 1.29 is 67.4 Å². The van der Waals surface area contributed by atoms with Crippen LogP contribution >= 0.6 is 0 Å². The maximum absolute atomic E-state index is 11.6. The summed E-state index contributed by atoms with van der Waals surface area (Å²) >= 11 is 0. The van der Waals surface area contributed by atoms with E-state index in [4.69, 9.17) is 52.1 Å². The summed E-state index contributed by atoms with van der Waals surface area (Å²) in [6.45, 7) is 11.2. The summed E-state index contributed by atoms with van der Waals surface area (Å²) < 4.78 is 68.0. The second-order valence-corrected chi connectivity index (χ2v) is 18.2. The zero-order chi connectivity index (χ0) is 38.6. The second kappa shape index (κ2) is 14.5. The number of ether oxygens (including phenoxy) is 11. The first kappa shape index (κ1) is 39.2. The Morgan fingerprint density at radius 1 is 0.782 bits per heavy atom. The van der Waals surface area contributed by atoms with Gasteiger partial charge in [0.25, 0.3) is 0 Å². The molecular weight excluding hydrogens is 716 g/mol. The van der Waals surface area contributed by atoms with Crippen LogP contribution in [0.2, 0.25) is 0 Å². The first-order chi connectivity index (χ1) is 26.3. The largest absolute Gasteiger partial charge is 0.491 e. The van der Waals surface area contributed by atoms with E-state index in [1.54, 1.807) is 21.1 Å². The van der Waals surface area contributed by atoms with Crippen molar-refractivity contribution in [3.63, 3.8) is 0 Å². The molecular formula is C41H62O14. The average molecular weight is 779 g/mol. The van der Waals surface area contributed by atoms with Gasteiger partial charge in [0.2, 0.25) is 0 Å². The van der Waals surface area contributed by atoms with Gasteiger partial charge in [0.05, 0.1) is 61.2 Å². The number of allylic oxidation sites excluding steroid dienone is 2. The van der Waals surface area contributed by atoms with E-state index in [9.17, 15) is 15.3 Å². The van der Waals surface area contributed by atoms with E-state index in [0.29, 0.717) is 25.6 Å². The molecule has 3 N–H and O–H groups in total. The zero-order valence-electron chi connectivity index (χ0n) is 33.3. The monoisotopic (exact) mass is 778 g/mol. The summed E-state index contributed by atoms with van der Waals surface area (Å²) in [5.74, 6) is 1.36. The van der Waals surface area contributed by atoms with Crippen molar-refractivity contribution in [3.05, 3.63) is 23.0 Å². The van der Waals surface area contributed by atoms with Gasteiger partial charge in [0.1, 0.15) is 42.4 Å². The molecule has 55 heavy (non-hydrogen) atoms. The van der Waals surface area contributed by atoms with Crippen LogP contribution in [0.4, 0.5) is 0 Å². The van der Waals surface area contributed by atoms with Crippen molar-refractivity contribution in [2.45, 2.75) is 184 Å². The van der Waals surface area contributed by atoms with Crippen molar-refractivity contribution in [1.82, 2.24) is 0 Å². The lowest BCUT2D eigenvalue weighted by Crippen LogP contribution is -2.61. The molecule has 7 fully saturated rings. The molecule has 6 heterocycles. The minimum atomic E-state index is -1.11. The quantitative estimate of drug-likeness (QED) is 0.308. The molecule has 9 aliphatic rings. The van der Waals surface area contributed by atoms with E-state index in [0.717, 1.165) is 38.5 Å². The Hall–Kier alpha value is -1.24. The molecule has 9 rings (SSSR count). The lowest BCUT2D eigenvalue weighted by Gasteiger charge is -2.52. The highest BCUT2D eigenvalue weighted by Gasteiger charge is 2.72. The second-order valence-electron chi connectivity index (χ2n) is 18.2. The van der Waals surface area contributed by atoms with Crippen LogP contribution in [0.25, 0.3) is 0 Å². The van der Waals surface area contributed by atoms with E-state index in [-0.39, 0.29) is 35.4 Å². The van der Waals surface area contributed by atoms with Gasteiger partial charge < -0.3 is 67.4 Å². The molecule has 0 aromatic carbocycles. The van der Waals surface area contributed by atoms with Crippen molar-refractivity contribution in [2.24, 2.45) is 22.7 Å². The predicted octanol–water partition coefficient (Wildman–Crippen LogP) is 3.23. The lowest BCUT2D eigenvalue weighted by molar-refractivity contribution is -0.352. The van der Waals surface area contributed by atoms with E-state index >= 15 is 0 Å². The van der Waals surface area contributed by atoms with E-state index in [1.807, 2.05) is 13.8 Å². The highest BCUT2D eigenvalue weighted by Crippen LogP contribution is 2.68. The van der Waals surface area contributed by atoms with Gasteiger partial charge in [0.15, 0.2) is 24.7 Å². The molecule has 1 spiro atoms. The van der Waals surface area contributed by atoms with Crippen LogP contribution in [0.15, 0.2) is 23.0 Å². The van der Waals surface area contributed by atoms with Gasteiger partial charge in [-0.25, -0.2) is 0 Å². The molecule has 3 aliphatic carbocycles. The predicted molar refractivity (Wildman–Crippen MR) is 192 cm³/mol. The Labute approximate surface area is 324 Å². The normalized spacial score (nSPS) is 54.6. The fraction of sp³-hybridized carbons (Fsp3) is 0.902. The lowest BCUT2D eigenvalue weighted by atomic mass is 9.52. The maximum Gasteiger partial charge on any atom is 0.186 e. The number of methoxy groups -OCH3 is 2. The van der Waals surface area contributed by atoms with E-state index in [2.05, 4.69) is 19.9 Å². The molecule has 0 bridgehead atoms. The molecule has 20 unspecified atom stereocenters. The van der Waals surface area contributed by atoms with Crippen LogP contribution in [0.1, 0.15) is 86.0 Å². The summed E-state index contributed by atoms with van der Waals surface area (Å²) in [5.41, 5.74) is 2.86. The molecule has 20 atom stereocenters. The summed E-state index contributed by atoms with van der Waals surface area (Å²) in [4.78, 5) is 0. The Balaban J connectivity index is 0.815. The minimum Gasteiger partial charge on any atom is -0.491 e. The molecule has 0 radical (unpaired) electrons. The summed E-state index contributed by atoms with van der Waals surface area (Å²) in [6.07, 6.45) is -0.696. The molecule has 0 aromatic heterocycles. The first-order valence-corrected chi connectivity index (χ1v) is 20.7. The number of hydrogen-bond donors (Lipinski definition) is 3. The number of hydrogen-bond acceptors (Lipinski definition) is 14. The van der Waals surface area contributed by atoms with Gasteiger partial charge in [-0.3, -0.25) is 0 Å². The number of fused-ring (bicyclic) bond motifs is 3. The maximum atomic E-state index is 11.6. The summed E-state index contributed by atoms with van der Waals surface area (Å²) in [6, 6.07) is 0. The van der Waals surface area contributed by atoms with E-state index in [1.165, 1.54) is 16.9 Å². The smallest absolute Gasteiger partial charge is 0.186 e. The van der Waals surface area contributed by atoms with Crippen LogP contribution < -0.4 is 0 Å². The van der Waals surface area contributed by atoms with Crippen molar-refractivity contribution >= 4 is 0 Å². The van der Waals surface area contributed by atoms with Crippen LogP contribution in [0.5, 0.6) is 0 Å². The molecule has 310 valence electrons. The van der Waals surface area contributed by atoms with E-state index < -0.39 is 85.7 Å². The van der Waals surface area contributed by atoms with Gasteiger partial charge in [0, 0.05) is 27.1 Å². The van der Waals surface area contributed by atoms with Crippen LogP contribution in [0, 0.1) is 22.7 Å². The van der Waals surface area contributed by atoms with Gasteiger partial charge in [-0.1, -0.05) is 18.6 Å². The summed E-state index contributed by atoms with van der Waals surface area (Å²) in [5, 5.41) is 33.1. The van der Waals surface area contributed by atoms with Crippen molar-refractivity contribution in [1.29, 1.82) is 0 Å². The van der Waals surface area contributed by atoms with Crippen molar-refractivity contribution in [3.8, 4) is 0 Å². The third kappa shape index (κ3) is 6.31. The molecule has 6 saturated heterocycles. The zero-order valence-corrected chi connectivity index (χ0v) is 33.3. The number of rotatable bonds is 8. The molecule has 0 aromatic rings. The standard InChI is InChI=1S/C41H62O14/c1-19-31(43)27(45-6)16-30(49-19)54-33-20(2)50-29(15-26(33)42)55-34-21(3)51-38(32(44)35(34)46-7)52-23-10-12-39(4)22(14-23)8-9-24-25(39)11-13-41-18-48-40(5)36(41)28(17-47-40)53-37(24)41/h8,19-21,23,25-36,38,42-44H,9-18H2,1-7H3.